The molecule has 0 amide bonds. The Morgan fingerprint density at radius 3 is 2.21 bits per heavy atom. The predicted molar refractivity (Wildman–Crippen MR) is 129 cm³/mol. The maximum Gasteiger partial charge on any atom is 0.511 e. The molecule has 0 saturated heterocycles. The van der Waals surface area contributed by atoms with Crippen LogP contribution in [0.4, 0.5) is 4.79 Å². The first-order valence-corrected chi connectivity index (χ1v) is 11.5. The van der Waals surface area contributed by atoms with Crippen LogP contribution in [0, 0.1) is 0 Å². The van der Waals surface area contributed by atoms with Gasteiger partial charge in [0.1, 0.15) is 5.75 Å². The van der Waals surface area contributed by atoms with Crippen molar-refractivity contribution in [1.82, 2.24) is 9.13 Å². The summed E-state index contributed by atoms with van der Waals surface area (Å²) in [6, 6.07) is 14.2. The largest absolute Gasteiger partial charge is 0.511 e. The zero-order valence-electron chi connectivity index (χ0n) is 19.5. The number of para-hydroxylation sites is 1. The summed E-state index contributed by atoms with van der Waals surface area (Å²) in [7, 11) is 0. The minimum absolute atomic E-state index is 0.0864. The molecule has 0 fully saturated rings. The molecular formula is C26H30N2O6. The number of carboxylic acid groups (broad SMARTS) is 2. The summed E-state index contributed by atoms with van der Waals surface area (Å²) in [6.07, 6.45) is 2.39. The lowest BCUT2D eigenvalue weighted by atomic mass is 10.0. The molecule has 0 aliphatic heterocycles. The summed E-state index contributed by atoms with van der Waals surface area (Å²) in [6.45, 7) is 4.66. The van der Waals surface area contributed by atoms with Crippen LogP contribution in [0.3, 0.4) is 0 Å². The van der Waals surface area contributed by atoms with Gasteiger partial charge >= 0.3 is 17.8 Å². The molecule has 8 nitrogen and oxygen atoms in total. The highest BCUT2D eigenvalue weighted by atomic mass is 16.7. The topological polar surface area (TPSA) is 111 Å². The Morgan fingerprint density at radius 1 is 0.912 bits per heavy atom. The van der Waals surface area contributed by atoms with Gasteiger partial charge < -0.3 is 14.9 Å². The number of aromatic nitrogens is 2. The number of imidazole rings is 1. The van der Waals surface area contributed by atoms with Crippen LogP contribution < -0.4 is 10.4 Å². The molecule has 0 atom stereocenters. The first kappa shape index (κ1) is 24.8. The summed E-state index contributed by atoms with van der Waals surface area (Å²) >= 11 is 0. The molecule has 34 heavy (non-hydrogen) atoms. The van der Waals surface area contributed by atoms with Crippen molar-refractivity contribution >= 4 is 12.1 Å². The molecule has 2 N–H and O–H groups in total. The average Bonchev–Trinajstić information content (AvgIpc) is 3.07. The lowest BCUT2D eigenvalue weighted by Gasteiger charge is -2.11. The second kappa shape index (κ2) is 11.4. The van der Waals surface area contributed by atoms with Crippen LogP contribution in [-0.4, -0.2) is 31.5 Å². The molecule has 3 rings (SSSR count). The Hall–Kier alpha value is -3.81. The third-order valence-electron chi connectivity index (χ3n) is 5.73. The van der Waals surface area contributed by atoms with Crippen molar-refractivity contribution in [3.63, 3.8) is 0 Å². The van der Waals surface area contributed by atoms with Crippen LogP contribution in [-0.2, 0) is 19.5 Å². The fourth-order valence-electron chi connectivity index (χ4n) is 4.02. The first-order chi connectivity index (χ1) is 16.4. The molecule has 0 bridgehead atoms. The zero-order valence-corrected chi connectivity index (χ0v) is 19.5. The van der Waals surface area contributed by atoms with Crippen molar-refractivity contribution in [1.29, 1.82) is 0 Å². The first-order valence-electron chi connectivity index (χ1n) is 11.5. The zero-order chi connectivity index (χ0) is 24.7. The van der Waals surface area contributed by atoms with Gasteiger partial charge in [0.25, 0.3) is 0 Å². The molecule has 0 saturated carbocycles. The molecule has 180 valence electrons. The van der Waals surface area contributed by atoms with Crippen LogP contribution in [0.15, 0.2) is 53.3 Å². The van der Waals surface area contributed by atoms with Crippen molar-refractivity contribution in [3.8, 4) is 16.9 Å². The molecule has 0 spiro atoms. The number of benzene rings is 2. The van der Waals surface area contributed by atoms with Crippen molar-refractivity contribution in [2.75, 3.05) is 0 Å². The highest BCUT2D eigenvalue weighted by Crippen LogP contribution is 2.30. The smallest absolute Gasteiger partial charge is 0.477 e. The molecule has 2 aromatic carbocycles. The number of hydrogen-bond acceptors (Lipinski definition) is 4. The van der Waals surface area contributed by atoms with E-state index < -0.39 is 12.1 Å². The van der Waals surface area contributed by atoms with E-state index in [1.165, 1.54) is 4.57 Å². The van der Waals surface area contributed by atoms with Gasteiger partial charge in [0.2, 0.25) is 0 Å². The van der Waals surface area contributed by atoms with Crippen LogP contribution >= 0.6 is 0 Å². The summed E-state index contributed by atoms with van der Waals surface area (Å²) in [4.78, 5) is 36.3. The molecule has 0 radical (unpaired) electrons. The van der Waals surface area contributed by atoms with Crippen molar-refractivity contribution in [2.45, 2.75) is 59.0 Å². The predicted octanol–water partition coefficient (Wildman–Crippen LogP) is 5.26. The maximum absolute atomic E-state index is 13.2. The summed E-state index contributed by atoms with van der Waals surface area (Å²) < 4.78 is 7.85. The number of carboxylic acids is 1. The number of hydrogen-bond donors (Lipinski definition) is 2. The Morgan fingerprint density at radius 2 is 1.59 bits per heavy atom. The Kier molecular flexibility index (Phi) is 8.29. The molecule has 0 aliphatic rings. The Bertz CT molecular complexity index is 1210. The van der Waals surface area contributed by atoms with Gasteiger partial charge in [-0.3, -0.25) is 9.13 Å². The second-order valence-electron chi connectivity index (χ2n) is 8.14. The lowest BCUT2D eigenvalue weighted by Crippen LogP contribution is -2.26. The minimum Gasteiger partial charge on any atom is -0.477 e. The second-order valence-corrected chi connectivity index (χ2v) is 8.14. The van der Waals surface area contributed by atoms with Crippen LogP contribution in [0.5, 0.6) is 5.75 Å². The molecule has 0 unspecified atom stereocenters. The van der Waals surface area contributed by atoms with Gasteiger partial charge in [-0.1, -0.05) is 69.2 Å². The van der Waals surface area contributed by atoms with Crippen molar-refractivity contribution in [2.24, 2.45) is 0 Å². The van der Waals surface area contributed by atoms with E-state index in [9.17, 15) is 19.5 Å². The van der Waals surface area contributed by atoms with Gasteiger partial charge in [-0.05, 0) is 36.5 Å². The van der Waals surface area contributed by atoms with Crippen molar-refractivity contribution in [3.05, 3.63) is 76.0 Å². The van der Waals surface area contributed by atoms with Gasteiger partial charge in [0.15, 0.2) is 5.69 Å². The molecule has 1 heterocycles. The van der Waals surface area contributed by atoms with Gasteiger partial charge in [0.05, 0.1) is 12.2 Å². The molecule has 3 aromatic rings. The summed E-state index contributed by atoms with van der Waals surface area (Å²) in [5.74, 6) is -0.844. The fraction of sp³-hybridized carbons (Fsp3) is 0.346. The van der Waals surface area contributed by atoms with E-state index in [1.54, 1.807) is 28.8 Å². The standard InChI is InChI=1S/C26H30N2O6/c1-3-5-10-21-23(24(29)30)27(16-6-4-2)25(31)28(21)17-18-12-14-19(15-13-18)20-9-7-8-11-22(20)34-26(32)33/h7-9,11-15H,3-6,10,16-17H2,1-2H3,(H,29,30)(H,32,33). The van der Waals surface area contributed by atoms with Gasteiger partial charge in [-0.15, -0.1) is 0 Å². The van der Waals surface area contributed by atoms with E-state index in [0.29, 0.717) is 24.2 Å². The quantitative estimate of drug-likeness (QED) is 0.294. The number of rotatable bonds is 11. The molecule has 0 aliphatic carbocycles. The maximum atomic E-state index is 13.2. The van der Waals surface area contributed by atoms with Crippen molar-refractivity contribution < 1.29 is 24.5 Å². The number of unbranched alkanes of at least 4 members (excludes halogenated alkanes) is 2. The normalized spacial score (nSPS) is 10.9. The molecular weight excluding hydrogens is 436 g/mol. The van der Waals surface area contributed by atoms with Gasteiger partial charge in [-0.2, -0.15) is 0 Å². The monoisotopic (exact) mass is 466 g/mol. The highest BCUT2D eigenvalue weighted by molar-refractivity contribution is 5.87. The Labute approximate surface area is 198 Å². The van der Waals surface area contributed by atoms with Crippen LogP contribution in [0.1, 0.15) is 61.3 Å². The van der Waals surface area contributed by atoms with Gasteiger partial charge in [-0.25, -0.2) is 14.4 Å². The number of aromatic carboxylic acids is 1. The number of carbonyl (C=O) groups is 2. The SMILES string of the molecule is CCCCc1c(C(=O)O)n(CCCC)c(=O)n1Cc1ccc(-c2ccccc2OC(=O)O)cc1. The van der Waals surface area contributed by atoms with Crippen LogP contribution in [0.2, 0.25) is 0 Å². The lowest BCUT2D eigenvalue weighted by molar-refractivity contribution is 0.0682. The molecule has 1 aromatic heterocycles. The minimum atomic E-state index is -1.38. The van der Waals surface area contributed by atoms with E-state index in [-0.39, 0.29) is 23.7 Å². The van der Waals surface area contributed by atoms with E-state index in [1.807, 2.05) is 38.1 Å². The summed E-state index contributed by atoms with van der Waals surface area (Å²) in [5.41, 5.74) is 2.58. The molecule has 8 heteroatoms. The highest BCUT2D eigenvalue weighted by Gasteiger charge is 2.24. The Balaban J connectivity index is 1.97. The third-order valence-corrected chi connectivity index (χ3v) is 5.73. The van der Waals surface area contributed by atoms with E-state index in [0.717, 1.165) is 36.8 Å². The van der Waals surface area contributed by atoms with E-state index in [4.69, 9.17) is 9.84 Å². The van der Waals surface area contributed by atoms with Crippen LogP contribution in [0.25, 0.3) is 11.1 Å². The van der Waals surface area contributed by atoms with E-state index >= 15 is 0 Å². The number of ether oxygens (including phenoxy) is 1. The van der Waals surface area contributed by atoms with E-state index in [2.05, 4.69) is 0 Å². The third kappa shape index (κ3) is 5.57. The summed E-state index contributed by atoms with van der Waals surface area (Å²) in [5, 5.41) is 18.9. The average molecular weight is 467 g/mol. The fourth-order valence-corrected chi connectivity index (χ4v) is 4.02. The van der Waals surface area contributed by atoms with Gasteiger partial charge in [0, 0.05) is 12.1 Å². The number of nitrogens with zero attached hydrogens (tertiary/aromatic N) is 2.